The summed E-state index contributed by atoms with van der Waals surface area (Å²) in [6.07, 6.45) is 0.722. The minimum Gasteiger partial charge on any atom is -0.493 e. The zero-order valence-electron chi connectivity index (χ0n) is 37.4. The third kappa shape index (κ3) is 10.7. The summed E-state index contributed by atoms with van der Waals surface area (Å²) in [7, 11) is 4.05. The molecule has 350 valence electrons. The number of nitrogens with zero attached hydrogens (tertiary/aromatic N) is 4. The minimum absolute atomic E-state index is 0.109. The Balaban J connectivity index is 0.000000202. The number of fused-ring (bicyclic) bond motifs is 2. The lowest BCUT2D eigenvalue weighted by atomic mass is 9.93. The predicted octanol–water partition coefficient (Wildman–Crippen LogP) is 7.66. The standard InChI is InChI=1S/C26H24N2O7.C25H24N2O6/c1-33-23-13-20(21(28(31)32)14-24(23)35-16-17-8-4-3-5-9-17)25(29)27-15-19-11-7-6-10-18(19)12-22(27)26(30)34-2;1-32-23-12-21(22(27(30)31)13-24(23)33-16-17-7-3-2-4-8-17)25(29)26-14-19-10-6-5-9-18(19)11-20(26)15-28/h3-11,13-14,22H,12,15-16H2,1-2H3;2-10,12-13,20,28H,11,14-16H2,1H3/t22-;20-/m00/s1. The summed E-state index contributed by atoms with van der Waals surface area (Å²) < 4.78 is 27.3. The molecule has 0 aromatic heterocycles. The van der Waals surface area contributed by atoms with Gasteiger partial charge in [-0.15, -0.1) is 0 Å². The molecule has 2 aliphatic rings. The van der Waals surface area contributed by atoms with E-state index in [1.165, 1.54) is 55.4 Å². The summed E-state index contributed by atoms with van der Waals surface area (Å²) in [5.41, 5.74) is 4.41. The summed E-state index contributed by atoms with van der Waals surface area (Å²) in [6, 6.07) is 37.4. The van der Waals surface area contributed by atoms with Crippen LogP contribution in [0.2, 0.25) is 0 Å². The molecule has 0 radical (unpaired) electrons. The first-order valence-electron chi connectivity index (χ1n) is 21.4. The molecule has 2 atom stereocenters. The Bertz CT molecular complexity index is 2810. The molecule has 17 nitrogen and oxygen atoms in total. The van der Waals surface area contributed by atoms with Crippen molar-refractivity contribution in [2.24, 2.45) is 0 Å². The fraction of sp³-hybridized carbons (Fsp3) is 0.235. The van der Waals surface area contributed by atoms with E-state index in [0.29, 0.717) is 6.42 Å². The van der Waals surface area contributed by atoms with E-state index in [4.69, 9.17) is 23.7 Å². The molecule has 2 amide bonds. The van der Waals surface area contributed by atoms with Crippen molar-refractivity contribution in [3.8, 4) is 23.0 Å². The average molecular weight is 925 g/mol. The first kappa shape index (κ1) is 47.6. The van der Waals surface area contributed by atoms with Gasteiger partial charge >= 0.3 is 5.97 Å². The van der Waals surface area contributed by atoms with Gasteiger partial charge in [0.2, 0.25) is 0 Å². The van der Waals surface area contributed by atoms with Crippen molar-refractivity contribution in [2.75, 3.05) is 27.9 Å². The highest BCUT2D eigenvalue weighted by atomic mass is 16.6. The maximum absolute atomic E-state index is 13.6. The maximum atomic E-state index is 13.6. The molecule has 0 spiro atoms. The highest BCUT2D eigenvalue weighted by molar-refractivity contribution is 6.01. The quantitative estimate of drug-likeness (QED) is 0.0633. The fourth-order valence-electron chi connectivity index (χ4n) is 8.14. The highest BCUT2D eigenvalue weighted by Gasteiger charge is 2.39. The van der Waals surface area contributed by atoms with Crippen molar-refractivity contribution in [3.63, 3.8) is 0 Å². The van der Waals surface area contributed by atoms with E-state index in [2.05, 4.69) is 0 Å². The largest absolute Gasteiger partial charge is 0.493 e. The highest BCUT2D eigenvalue weighted by Crippen LogP contribution is 2.39. The molecule has 2 aliphatic heterocycles. The van der Waals surface area contributed by atoms with Gasteiger partial charge in [0.1, 0.15) is 30.4 Å². The van der Waals surface area contributed by atoms with E-state index in [9.17, 15) is 39.7 Å². The summed E-state index contributed by atoms with van der Waals surface area (Å²) in [6.45, 7) is 0.474. The van der Waals surface area contributed by atoms with Gasteiger partial charge in [-0.25, -0.2) is 4.79 Å². The monoisotopic (exact) mass is 924 g/mol. The molecule has 68 heavy (non-hydrogen) atoms. The van der Waals surface area contributed by atoms with Gasteiger partial charge in [0.05, 0.1) is 56.0 Å². The molecule has 17 heteroatoms. The van der Waals surface area contributed by atoms with Crippen LogP contribution in [0.4, 0.5) is 11.4 Å². The third-order valence-electron chi connectivity index (χ3n) is 11.7. The summed E-state index contributed by atoms with van der Waals surface area (Å²) in [5.74, 6) is -1.11. The Kier molecular flexibility index (Phi) is 15.3. The number of amides is 2. The number of carbonyl (C=O) groups is 3. The SMILES string of the molecule is COC(=O)[C@@H]1Cc2ccccc2CN1C(=O)c1cc(OC)c(OCc2ccccc2)cc1[N+](=O)[O-].COc1cc(C(=O)N2Cc3ccccc3C[C@H]2CO)c([N+](=O)[O-])cc1OCc1ccccc1. The Morgan fingerprint density at radius 1 is 0.574 bits per heavy atom. The lowest BCUT2D eigenvalue weighted by Gasteiger charge is -2.36. The lowest BCUT2D eigenvalue weighted by Crippen LogP contribution is -2.49. The van der Waals surface area contributed by atoms with E-state index >= 15 is 0 Å². The molecule has 0 aliphatic carbocycles. The normalized spacial score (nSPS) is 14.8. The first-order chi connectivity index (χ1) is 32.9. The van der Waals surface area contributed by atoms with Gasteiger partial charge in [0.25, 0.3) is 23.2 Å². The molecule has 8 rings (SSSR count). The van der Waals surface area contributed by atoms with Crippen LogP contribution in [-0.4, -0.2) is 82.6 Å². The number of ether oxygens (including phenoxy) is 5. The van der Waals surface area contributed by atoms with Crippen LogP contribution in [0.25, 0.3) is 0 Å². The number of nitro groups is 2. The molecule has 0 fully saturated rings. The van der Waals surface area contributed by atoms with Crippen LogP contribution in [0.5, 0.6) is 23.0 Å². The van der Waals surface area contributed by atoms with Crippen molar-refractivity contribution < 1.29 is 53.0 Å². The smallest absolute Gasteiger partial charge is 0.328 e. The number of aliphatic hydroxyl groups excluding tert-OH is 1. The van der Waals surface area contributed by atoms with E-state index in [1.807, 2.05) is 109 Å². The molecule has 0 unspecified atom stereocenters. The number of carbonyl (C=O) groups excluding carboxylic acids is 3. The number of benzene rings is 6. The van der Waals surface area contributed by atoms with Crippen LogP contribution >= 0.6 is 0 Å². The van der Waals surface area contributed by atoms with E-state index < -0.39 is 45.4 Å². The number of hydrogen-bond donors (Lipinski definition) is 1. The second-order valence-corrected chi connectivity index (χ2v) is 15.8. The Morgan fingerprint density at radius 2 is 0.985 bits per heavy atom. The third-order valence-corrected chi connectivity index (χ3v) is 11.7. The van der Waals surface area contributed by atoms with Crippen molar-refractivity contribution in [1.29, 1.82) is 0 Å². The first-order valence-corrected chi connectivity index (χ1v) is 21.4. The number of aliphatic hydroxyl groups is 1. The van der Waals surface area contributed by atoms with Crippen LogP contribution in [0, 0.1) is 20.2 Å². The van der Waals surface area contributed by atoms with Crippen LogP contribution in [0.3, 0.4) is 0 Å². The number of hydrogen-bond acceptors (Lipinski definition) is 13. The number of esters is 1. The Labute approximate surface area is 391 Å². The van der Waals surface area contributed by atoms with E-state index in [0.717, 1.165) is 33.4 Å². The molecule has 0 bridgehead atoms. The molecule has 0 saturated carbocycles. The van der Waals surface area contributed by atoms with Crippen molar-refractivity contribution in [1.82, 2.24) is 9.80 Å². The zero-order chi connectivity index (χ0) is 48.3. The molecule has 6 aromatic carbocycles. The minimum atomic E-state index is -0.915. The maximum Gasteiger partial charge on any atom is 0.328 e. The summed E-state index contributed by atoms with van der Waals surface area (Å²) >= 11 is 0. The second kappa shape index (κ2) is 21.8. The topological polar surface area (TPSA) is 210 Å². The Hall–Kier alpha value is -8.31. The van der Waals surface area contributed by atoms with Crippen molar-refractivity contribution in [3.05, 3.63) is 198 Å². The zero-order valence-corrected chi connectivity index (χ0v) is 37.4. The van der Waals surface area contributed by atoms with Gasteiger partial charge in [0.15, 0.2) is 23.0 Å². The van der Waals surface area contributed by atoms with Crippen LogP contribution in [0.15, 0.2) is 133 Å². The van der Waals surface area contributed by atoms with Gasteiger partial charge in [-0.1, -0.05) is 109 Å². The van der Waals surface area contributed by atoms with Crippen LogP contribution < -0.4 is 18.9 Å². The van der Waals surface area contributed by atoms with Crippen molar-refractivity contribution in [2.45, 2.75) is 51.2 Å². The van der Waals surface area contributed by atoms with Gasteiger partial charge in [0, 0.05) is 31.6 Å². The molecular formula is C51H48N4O13. The molecular weight excluding hydrogens is 877 g/mol. The Morgan fingerprint density at radius 3 is 1.41 bits per heavy atom. The summed E-state index contributed by atoms with van der Waals surface area (Å²) in [5, 5.41) is 33.7. The fourth-order valence-corrected chi connectivity index (χ4v) is 8.14. The number of rotatable bonds is 14. The van der Waals surface area contributed by atoms with Crippen LogP contribution in [-0.2, 0) is 48.7 Å². The second-order valence-electron chi connectivity index (χ2n) is 15.8. The van der Waals surface area contributed by atoms with Gasteiger partial charge < -0.3 is 38.6 Å². The molecule has 6 aromatic rings. The lowest BCUT2D eigenvalue weighted by molar-refractivity contribution is -0.385. The summed E-state index contributed by atoms with van der Waals surface area (Å²) in [4.78, 5) is 65.0. The van der Waals surface area contributed by atoms with Crippen molar-refractivity contribution >= 4 is 29.2 Å². The van der Waals surface area contributed by atoms with E-state index in [1.54, 1.807) is 0 Å². The van der Waals surface area contributed by atoms with Gasteiger partial charge in [-0.05, 0) is 39.8 Å². The van der Waals surface area contributed by atoms with E-state index in [-0.39, 0.29) is 79.1 Å². The number of nitro benzene ring substituents is 2. The molecule has 2 heterocycles. The number of methoxy groups -OCH3 is 3. The van der Waals surface area contributed by atoms with Gasteiger partial charge in [-0.2, -0.15) is 0 Å². The average Bonchev–Trinajstić information content (AvgIpc) is 3.38. The van der Waals surface area contributed by atoms with Gasteiger partial charge in [-0.3, -0.25) is 29.8 Å². The predicted molar refractivity (Wildman–Crippen MR) is 248 cm³/mol. The molecule has 1 N–H and O–H groups in total. The van der Waals surface area contributed by atoms with Crippen LogP contribution in [0.1, 0.15) is 54.1 Å². The molecule has 0 saturated heterocycles.